The zero-order valence-electron chi connectivity index (χ0n) is 16.0. The molecule has 1 spiro atoms. The van der Waals surface area contributed by atoms with Crippen LogP contribution in [0.1, 0.15) is 24.0 Å². The summed E-state index contributed by atoms with van der Waals surface area (Å²) in [5, 5.41) is 10.2. The summed E-state index contributed by atoms with van der Waals surface area (Å²) in [5.41, 5.74) is 2.01. The van der Waals surface area contributed by atoms with Gasteiger partial charge in [-0.2, -0.15) is 0 Å². The predicted octanol–water partition coefficient (Wildman–Crippen LogP) is 3.24. The van der Waals surface area contributed by atoms with E-state index in [-0.39, 0.29) is 18.3 Å². The van der Waals surface area contributed by atoms with Gasteiger partial charge in [0.05, 0.1) is 12.1 Å². The van der Waals surface area contributed by atoms with Crippen molar-refractivity contribution in [3.05, 3.63) is 59.4 Å². The van der Waals surface area contributed by atoms with E-state index in [2.05, 4.69) is 4.90 Å². The average Bonchev–Trinajstić information content (AvgIpc) is 2.67. The first-order chi connectivity index (χ1) is 13.4. The summed E-state index contributed by atoms with van der Waals surface area (Å²) >= 11 is 0. The lowest BCUT2D eigenvalue weighted by atomic mass is 9.90. The number of hydrogen-bond acceptors (Lipinski definition) is 4. The molecule has 0 saturated carbocycles. The summed E-state index contributed by atoms with van der Waals surface area (Å²) < 4.78 is 19.7. The summed E-state index contributed by atoms with van der Waals surface area (Å²) in [6.07, 6.45) is 1.79. The fourth-order valence-electron chi connectivity index (χ4n) is 4.21. The number of likely N-dealkylation sites (tertiary alicyclic amines) is 1. The van der Waals surface area contributed by atoms with Gasteiger partial charge in [0, 0.05) is 24.3 Å². The monoisotopic (exact) mass is 384 g/mol. The number of morpholine rings is 1. The van der Waals surface area contributed by atoms with Gasteiger partial charge >= 0.3 is 0 Å². The van der Waals surface area contributed by atoms with Crippen LogP contribution in [0.5, 0.6) is 5.75 Å². The highest BCUT2D eigenvalue weighted by Gasteiger charge is 2.43. The maximum atomic E-state index is 13.7. The molecule has 0 bridgehead atoms. The number of amides is 1. The van der Waals surface area contributed by atoms with Gasteiger partial charge in [0.1, 0.15) is 18.2 Å². The Hall–Kier alpha value is -2.44. The van der Waals surface area contributed by atoms with Crippen molar-refractivity contribution < 1.29 is 19.0 Å². The van der Waals surface area contributed by atoms with Crippen LogP contribution in [-0.4, -0.2) is 47.8 Å². The minimum Gasteiger partial charge on any atom is -0.508 e. The third-order valence-corrected chi connectivity index (χ3v) is 5.62. The van der Waals surface area contributed by atoms with Crippen molar-refractivity contribution in [3.8, 4) is 5.75 Å². The highest BCUT2D eigenvalue weighted by Crippen LogP contribution is 2.33. The molecule has 0 aliphatic carbocycles. The molecule has 0 aromatic heterocycles. The minimum absolute atomic E-state index is 0.000134. The molecule has 2 heterocycles. The van der Waals surface area contributed by atoms with Crippen molar-refractivity contribution in [1.82, 2.24) is 4.90 Å². The van der Waals surface area contributed by atoms with E-state index in [1.54, 1.807) is 23.1 Å². The molecule has 28 heavy (non-hydrogen) atoms. The maximum absolute atomic E-state index is 13.7. The Bertz CT molecular complexity index is 888. The molecular formula is C22H25FN2O3. The number of piperidine rings is 1. The molecule has 6 heteroatoms. The van der Waals surface area contributed by atoms with E-state index >= 15 is 0 Å². The van der Waals surface area contributed by atoms with Gasteiger partial charge in [-0.15, -0.1) is 0 Å². The molecule has 2 aliphatic rings. The molecule has 1 amide bonds. The van der Waals surface area contributed by atoms with E-state index in [0.29, 0.717) is 31.1 Å². The maximum Gasteiger partial charge on any atom is 0.253 e. The molecule has 1 N–H and O–H groups in total. The second-order valence-electron chi connectivity index (χ2n) is 7.88. The number of aromatic hydroxyl groups is 1. The fraction of sp³-hybridized carbons (Fsp3) is 0.409. The molecule has 0 radical (unpaired) electrons. The van der Waals surface area contributed by atoms with Crippen molar-refractivity contribution in [1.29, 1.82) is 0 Å². The van der Waals surface area contributed by atoms with Gasteiger partial charge in [-0.25, -0.2) is 4.39 Å². The second kappa shape index (κ2) is 7.53. The van der Waals surface area contributed by atoms with Crippen LogP contribution in [0.15, 0.2) is 42.5 Å². The van der Waals surface area contributed by atoms with Crippen LogP contribution in [0.3, 0.4) is 0 Å². The van der Waals surface area contributed by atoms with Crippen LogP contribution in [-0.2, 0) is 16.1 Å². The number of phenols is 1. The lowest BCUT2D eigenvalue weighted by Gasteiger charge is -2.47. The Morgan fingerprint density at radius 1 is 1.21 bits per heavy atom. The molecule has 148 valence electrons. The number of aryl methyl sites for hydroxylation is 1. The van der Waals surface area contributed by atoms with Crippen LogP contribution in [0.2, 0.25) is 0 Å². The SMILES string of the molecule is Cc1ccc(CN2CCCC3(C2)CN(c2cccc(F)c2)C(=O)CO3)c(O)c1. The van der Waals surface area contributed by atoms with Gasteiger partial charge < -0.3 is 14.7 Å². The van der Waals surface area contributed by atoms with Gasteiger partial charge in [0.15, 0.2) is 0 Å². The number of carbonyl (C=O) groups is 1. The first-order valence-corrected chi connectivity index (χ1v) is 9.65. The number of carbonyl (C=O) groups excluding carboxylic acids is 1. The molecule has 2 saturated heterocycles. The lowest BCUT2D eigenvalue weighted by molar-refractivity contribution is -0.146. The van der Waals surface area contributed by atoms with Crippen molar-refractivity contribution >= 4 is 11.6 Å². The number of ether oxygens (including phenoxy) is 1. The van der Waals surface area contributed by atoms with Crippen LogP contribution < -0.4 is 4.90 Å². The molecule has 1 atom stereocenters. The first kappa shape index (κ1) is 18.9. The van der Waals surface area contributed by atoms with Gasteiger partial charge in [-0.1, -0.05) is 18.2 Å². The highest BCUT2D eigenvalue weighted by atomic mass is 19.1. The van der Waals surface area contributed by atoms with E-state index in [9.17, 15) is 14.3 Å². The molecule has 2 aromatic carbocycles. The van der Waals surface area contributed by atoms with E-state index < -0.39 is 5.60 Å². The van der Waals surface area contributed by atoms with E-state index in [4.69, 9.17) is 4.74 Å². The van der Waals surface area contributed by atoms with Crippen molar-refractivity contribution in [2.75, 3.05) is 31.1 Å². The molecule has 4 rings (SSSR count). The summed E-state index contributed by atoms with van der Waals surface area (Å²) in [6, 6.07) is 11.9. The predicted molar refractivity (Wildman–Crippen MR) is 105 cm³/mol. The van der Waals surface area contributed by atoms with Crippen molar-refractivity contribution in [2.45, 2.75) is 31.9 Å². The standard InChI is InChI=1S/C22H25FN2O3/c1-16-6-7-17(20(26)10-16)12-24-9-3-8-22(14-24)15-25(21(27)13-28-22)19-5-2-4-18(23)11-19/h2,4-7,10-11,26H,3,8-9,12-15H2,1H3. The van der Waals surface area contributed by atoms with Gasteiger partial charge in [0.25, 0.3) is 5.91 Å². The third-order valence-electron chi connectivity index (χ3n) is 5.62. The minimum atomic E-state index is -0.473. The number of halogens is 1. The van der Waals surface area contributed by atoms with Crippen LogP contribution in [0, 0.1) is 12.7 Å². The quantitative estimate of drug-likeness (QED) is 0.883. The zero-order valence-corrected chi connectivity index (χ0v) is 16.0. The Labute approximate surface area is 164 Å². The normalized spacial score (nSPS) is 23.4. The number of rotatable bonds is 3. The third kappa shape index (κ3) is 3.88. The molecular weight excluding hydrogens is 359 g/mol. The van der Waals surface area contributed by atoms with Crippen molar-refractivity contribution in [3.63, 3.8) is 0 Å². The number of nitrogens with zero attached hydrogens (tertiary/aromatic N) is 2. The van der Waals surface area contributed by atoms with Gasteiger partial charge in [0.2, 0.25) is 0 Å². The van der Waals surface area contributed by atoms with E-state index in [0.717, 1.165) is 30.5 Å². The summed E-state index contributed by atoms with van der Waals surface area (Å²) in [4.78, 5) is 16.3. The topological polar surface area (TPSA) is 53.0 Å². The van der Waals surface area contributed by atoms with Crippen LogP contribution in [0.4, 0.5) is 10.1 Å². The second-order valence-corrected chi connectivity index (χ2v) is 7.88. The first-order valence-electron chi connectivity index (χ1n) is 9.65. The number of hydrogen-bond donors (Lipinski definition) is 1. The van der Waals surface area contributed by atoms with Crippen molar-refractivity contribution in [2.24, 2.45) is 0 Å². The summed E-state index contributed by atoms with van der Waals surface area (Å²) in [7, 11) is 0. The smallest absolute Gasteiger partial charge is 0.253 e. The Morgan fingerprint density at radius 3 is 2.86 bits per heavy atom. The Kier molecular flexibility index (Phi) is 5.08. The van der Waals surface area contributed by atoms with E-state index in [1.807, 2.05) is 19.1 Å². The number of phenolic OH excluding ortho intramolecular Hbond substituents is 1. The van der Waals surface area contributed by atoms with Crippen LogP contribution in [0.25, 0.3) is 0 Å². The zero-order chi connectivity index (χ0) is 19.7. The molecule has 2 fully saturated rings. The summed E-state index contributed by atoms with van der Waals surface area (Å²) in [6.45, 7) is 4.57. The molecule has 1 unspecified atom stereocenters. The largest absolute Gasteiger partial charge is 0.508 e. The molecule has 2 aliphatic heterocycles. The Morgan fingerprint density at radius 2 is 2.07 bits per heavy atom. The van der Waals surface area contributed by atoms with Gasteiger partial charge in [-0.05, 0) is 56.1 Å². The Balaban J connectivity index is 1.51. The van der Waals surface area contributed by atoms with Crippen LogP contribution >= 0.6 is 0 Å². The highest BCUT2D eigenvalue weighted by molar-refractivity contribution is 5.95. The van der Waals surface area contributed by atoms with Gasteiger partial charge in [-0.3, -0.25) is 9.69 Å². The molecule has 2 aromatic rings. The lowest BCUT2D eigenvalue weighted by Crippen LogP contribution is -2.61. The number of benzene rings is 2. The molecule has 5 nitrogen and oxygen atoms in total. The average molecular weight is 384 g/mol. The van der Waals surface area contributed by atoms with E-state index in [1.165, 1.54) is 12.1 Å². The fourth-order valence-corrected chi connectivity index (χ4v) is 4.21. The number of anilines is 1. The summed E-state index contributed by atoms with van der Waals surface area (Å²) in [5.74, 6) is -0.198.